The summed E-state index contributed by atoms with van der Waals surface area (Å²) >= 11 is 0. The molecule has 20 heavy (non-hydrogen) atoms. The topological polar surface area (TPSA) is 24.9 Å². The van der Waals surface area contributed by atoms with Crippen molar-refractivity contribution in [1.29, 1.82) is 0 Å². The lowest BCUT2D eigenvalue weighted by Crippen LogP contribution is -2.11. The summed E-state index contributed by atoms with van der Waals surface area (Å²) in [4.78, 5) is 4.92. The Morgan fingerprint density at radius 3 is 2.80 bits per heavy atom. The minimum Gasteiger partial charge on any atom is -0.384 e. The molecule has 0 saturated carbocycles. The Morgan fingerprint density at radius 1 is 1.15 bits per heavy atom. The molecule has 0 aliphatic heterocycles. The molecule has 2 nitrogen and oxygen atoms in total. The van der Waals surface area contributed by atoms with Gasteiger partial charge in [0.05, 0.1) is 5.52 Å². The first kappa shape index (κ1) is 13.4. The highest BCUT2D eigenvalue weighted by Gasteiger charge is 2.17. The van der Waals surface area contributed by atoms with Crippen LogP contribution in [0.2, 0.25) is 0 Å². The molecular formula is C18H24N2. The molecule has 2 aromatic rings. The van der Waals surface area contributed by atoms with E-state index in [4.69, 9.17) is 4.98 Å². The lowest BCUT2D eigenvalue weighted by molar-refractivity contribution is 0.672. The van der Waals surface area contributed by atoms with Gasteiger partial charge in [0.15, 0.2) is 0 Å². The lowest BCUT2D eigenvalue weighted by Gasteiger charge is -2.21. The molecule has 1 aliphatic rings. The largest absolute Gasteiger partial charge is 0.384 e. The average molecular weight is 268 g/mol. The van der Waals surface area contributed by atoms with Gasteiger partial charge >= 0.3 is 0 Å². The Kier molecular flexibility index (Phi) is 3.90. The summed E-state index contributed by atoms with van der Waals surface area (Å²) in [5.41, 5.74) is 6.73. The van der Waals surface area contributed by atoms with Crippen molar-refractivity contribution >= 4 is 16.6 Å². The number of nitrogens with zero attached hydrogens (tertiary/aromatic N) is 1. The maximum absolute atomic E-state index is 4.92. The van der Waals surface area contributed by atoms with Gasteiger partial charge in [-0.2, -0.15) is 0 Å². The van der Waals surface area contributed by atoms with Crippen LogP contribution in [0, 0.1) is 0 Å². The lowest BCUT2D eigenvalue weighted by atomic mass is 9.92. The number of anilines is 1. The van der Waals surface area contributed by atoms with E-state index < -0.39 is 0 Å². The first-order valence-electron chi connectivity index (χ1n) is 8.01. The Labute approximate surface area is 121 Å². The zero-order valence-corrected chi connectivity index (χ0v) is 12.6. The maximum Gasteiger partial charge on any atom is 0.0726 e. The predicted molar refractivity (Wildman–Crippen MR) is 86.5 cm³/mol. The SMILES string of the molecule is CCCc1ccc2nc3c(c(NCC)c2c1)CCCC3. The van der Waals surface area contributed by atoms with E-state index in [1.807, 2.05) is 0 Å². The average Bonchev–Trinajstić information content (AvgIpc) is 2.48. The molecule has 0 amide bonds. The number of benzene rings is 1. The smallest absolute Gasteiger partial charge is 0.0726 e. The van der Waals surface area contributed by atoms with Crippen molar-refractivity contribution < 1.29 is 0 Å². The van der Waals surface area contributed by atoms with E-state index in [0.29, 0.717) is 0 Å². The molecule has 2 heteroatoms. The molecule has 0 unspecified atom stereocenters. The molecular weight excluding hydrogens is 244 g/mol. The van der Waals surface area contributed by atoms with E-state index >= 15 is 0 Å². The van der Waals surface area contributed by atoms with Crippen LogP contribution in [0.1, 0.15) is 49.9 Å². The molecule has 1 heterocycles. The van der Waals surface area contributed by atoms with Crippen LogP contribution < -0.4 is 5.32 Å². The van der Waals surface area contributed by atoms with Gasteiger partial charge in [0, 0.05) is 23.3 Å². The summed E-state index contributed by atoms with van der Waals surface area (Å²) in [6.07, 6.45) is 7.25. The summed E-state index contributed by atoms with van der Waals surface area (Å²) in [6, 6.07) is 6.79. The van der Waals surface area contributed by atoms with Crippen LogP contribution in [0.4, 0.5) is 5.69 Å². The normalized spacial score (nSPS) is 14.3. The van der Waals surface area contributed by atoms with Gasteiger partial charge in [0.2, 0.25) is 0 Å². The van der Waals surface area contributed by atoms with E-state index in [9.17, 15) is 0 Å². The van der Waals surface area contributed by atoms with E-state index in [1.165, 1.54) is 53.6 Å². The number of nitrogens with one attached hydrogen (secondary N) is 1. The second-order valence-electron chi connectivity index (χ2n) is 5.75. The zero-order chi connectivity index (χ0) is 13.9. The first-order chi connectivity index (χ1) is 9.83. The summed E-state index contributed by atoms with van der Waals surface area (Å²) < 4.78 is 0. The van der Waals surface area contributed by atoms with Crippen LogP contribution in [0.25, 0.3) is 10.9 Å². The number of hydrogen-bond donors (Lipinski definition) is 1. The molecule has 1 aromatic heterocycles. The molecule has 0 saturated heterocycles. The Balaban J connectivity index is 2.20. The fraction of sp³-hybridized carbons (Fsp3) is 0.500. The number of hydrogen-bond acceptors (Lipinski definition) is 2. The van der Waals surface area contributed by atoms with Crippen molar-refractivity contribution in [3.8, 4) is 0 Å². The Bertz CT molecular complexity index is 616. The highest BCUT2D eigenvalue weighted by atomic mass is 14.9. The molecule has 0 fully saturated rings. The van der Waals surface area contributed by atoms with Gasteiger partial charge in [0.1, 0.15) is 0 Å². The van der Waals surface area contributed by atoms with Crippen molar-refractivity contribution in [2.75, 3.05) is 11.9 Å². The van der Waals surface area contributed by atoms with E-state index in [0.717, 1.165) is 24.9 Å². The van der Waals surface area contributed by atoms with Gasteiger partial charge in [0.25, 0.3) is 0 Å². The Morgan fingerprint density at radius 2 is 2.00 bits per heavy atom. The van der Waals surface area contributed by atoms with Crippen LogP contribution in [-0.2, 0) is 19.3 Å². The van der Waals surface area contributed by atoms with Crippen molar-refractivity contribution in [1.82, 2.24) is 4.98 Å². The zero-order valence-electron chi connectivity index (χ0n) is 12.6. The fourth-order valence-corrected chi connectivity index (χ4v) is 3.29. The van der Waals surface area contributed by atoms with Crippen molar-refractivity contribution in [3.05, 3.63) is 35.0 Å². The molecule has 106 valence electrons. The van der Waals surface area contributed by atoms with E-state index in [2.05, 4.69) is 37.4 Å². The monoisotopic (exact) mass is 268 g/mol. The van der Waals surface area contributed by atoms with Gasteiger partial charge < -0.3 is 5.32 Å². The van der Waals surface area contributed by atoms with Crippen molar-refractivity contribution in [2.24, 2.45) is 0 Å². The minimum absolute atomic E-state index is 0.976. The highest BCUT2D eigenvalue weighted by molar-refractivity contribution is 5.94. The third-order valence-corrected chi connectivity index (χ3v) is 4.22. The predicted octanol–water partition coefficient (Wildman–Crippen LogP) is 4.50. The number of aryl methyl sites for hydroxylation is 2. The number of fused-ring (bicyclic) bond motifs is 2. The molecule has 1 aliphatic carbocycles. The summed E-state index contributed by atoms with van der Waals surface area (Å²) in [5, 5.41) is 4.93. The number of pyridine rings is 1. The van der Waals surface area contributed by atoms with Gasteiger partial charge in [-0.15, -0.1) is 0 Å². The molecule has 0 radical (unpaired) electrons. The third kappa shape index (κ3) is 2.39. The van der Waals surface area contributed by atoms with Gasteiger partial charge in [-0.1, -0.05) is 19.4 Å². The van der Waals surface area contributed by atoms with Crippen LogP contribution in [0.5, 0.6) is 0 Å². The van der Waals surface area contributed by atoms with Gasteiger partial charge in [-0.25, -0.2) is 0 Å². The van der Waals surface area contributed by atoms with Crippen LogP contribution in [-0.4, -0.2) is 11.5 Å². The van der Waals surface area contributed by atoms with E-state index in [-0.39, 0.29) is 0 Å². The third-order valence-electron chi connectivity index (χ3n) is 4.22. The standard InChI is InChI=1S/C18H24N2/c1-3-7-13-10-11-17-15(12-13)18(19-4-2)14-8-5-6-9-16(14)20-17/h10-12H,3-9H2,1-2H3,(H,19,20). The highest BCUT2D eigenvalue weighted by Crippen LogP contribution is 2.33. The van der Waals surface area contributed by atoms with Crippen molar-refractivity contribution in [3.63, 3.8) is 0 Å². The van der Waals surface area contributed by atoms with Gasteiger partial charge in [-0.05, 0) is 62.3 Å². The van der Waals surface area contributed by atoms with Crippen LogP contribution in [0.3, 0.4) is 0 Å². The van der Waals surface area contributed by atoms with Crippen molar-refractivity contribution in [2.45, 2.75) is 52.4 Å². The Hall–Kier alpha value is -1.57. The number of rotatable bonds is 4. The summed E-state index contributed by atoms with van der Waals surface area (Å²) in [7, 11) is 0. The molecule has 0 atom stereocenters. The quantitative estimate of drug-likeness (QED) is 0.883. The molecule has 1 aromatic carbocycles. The van der Waals surface area contributed by atoms with Crippen LogP contribution >= 0.6 is 0 Å². The molecule has 3 rings (SSSR count). The molecule has 0 spiro atoms. The second kappa shape index (κ2) is 5.82. The maximum atomic E-state index is 4.92. The molecule has 1 N–H and O–H groups in total. The summed E-state index contributed by atoms with van der Waals surface area (Å²) in [5.74, 6) is 0. The fourth-order valence-electron chi connectivity index (χ4n) is 3.29. The van der Waals surface area contributed by atoms with Gasteiger partial charge in [-0.3, -0.25) is 4.98 Å². The molecule has 0 bridgehead atoms. The van der Waals surface area contributed by atoms with E-state index in [1.54, 1.807) is 0 Å². The summed E-state index contributed by atoms with van der Waals surface area (Å²) in [6.45, 7) is 5.39. The first-order valence-corrected chi connectivity index (χ1v) is 8.01. The minimum atomic E-state index is 0.976. The second-order valence-corrected chi connectivity index (χ2v) is 5.75. The van der Waals surface area contributed by atoms with Crippen LogP contribution in [0.15, 0.2) is 18.2 Å². The number of aromatic nitrogens is 1.